The zero-order valence-electron chi connectivity index (χ0n) is 21.2. The van der Waals surface area contributed by atoms with Crippen molar-refractivity contribution in [2.45, 2.75) is 81.9 Å². The Morgan fingerprint density at radius 2 is 1.68 bits per heavy atom. The van der Waals surface area contributed by atoms with Crippen LogP contribution in [0.15, 0.2) is 52.5 Å². The predicted molar refractivity (Wildman–Crippen MR) is 144 cm³/mol. The lowest BCUT2D eigenvalue weighted by molar-refractivity contribution is -0.662. The van der Waals surface area contributed by atoms with Crippen molar-refractivity contribution < 1.29 is 4.57 Å². The van der Waals surface area contributed by atoms with Crippen molar-refractivity contribution in [2.75, 3.05) is 0 Å². The lowest BCUT2D eigenvalue weighted by Gasteiger charge is -2.39. The van der Waals surface area contributed by atoms with E-state index in [-0.39, 0.29) is 0 Å². The van der Waals surface area contributed by atoms with Crippen molar-refractivity contribution in [3.8, 4) is 11.3 Å². The van der Waals surface area contributed by atoms with Crippen LogP contribution in [-0.2, 0) is 7.05 Å². The van der Waals surface area contributed by atoms with Gasteiger partial charge in [0.15, 0.2) is 5.52 Å². The summed E-state index contributed by atoms with van der Waals surface area (Å²) in [5, 5.41) is 4.07. The van der Waals surface area contributed by atoms with Crippen LogP contribution < -0.4 is 4.57 Å². The maximum absolute atomic E-state index is 4.94. The largest absolute Gasteiger partial charge is 0.287 e. The second kappa shape index (κ2) is 8.09. The highest BCUT2D eigenvalue weighted by atomic mass is 32.2. The normalized spacial score (nSPS) is 17.3. The van der Waals surface area contributed by atoms with Crippen molar-refractivity contribution >= 4 is 33.4 Å². The van der Waals surface area contributed by atoms with E-state index in [4.69, 9.17) is 4.98 Å². The van der Waals surface area contributed by atoms with Gasteiger partial charge in [-0.2, -0.15) is 0 Å². The molecular weight excluding hydrogens is 432 g/mol. The van der Waals surface area contributed by atoms with Gasteiger partial charge in [0, 0.05) is 15.4 Å². The molecule has 3 aromatic carbocycles. The van der Waals surface area contributed by atoms with Gasteiger partial charge in [0.05, 0.1) is 12.4 Å². The van der Waals surface area contributed by atoms with Gasteiger partial charge in [0.1, 0.15) is 5.69 Å². The Kier molecular flexibility index (Phi) is 5.26. The van der Waals surface area contributed by atoms with Crippen molar-refractivity contribution in [1.29, 1.82) is 0 Å². The highest BCUT2D eigenvalue weighted by Crippen LogP contribution is 2.53. The first-order chi connectivity index (χ1) is 16.5. The van der Waals surface area contributed by atoms with Crippen LogP contribution >= 0.6 is 11.8 Å². The van der Waals surface area contributed by atoms with E-state index in [0.717, 1.165) is 5.52 Å². The van der Waals surface area contributed by atoms with E-state index < -0.39 is 0 Å². The van der Waals surface area contributed by atoms with Crippen molar-refractivity contribution in [3.05, 3.63) is 59.4 Å². The predicted octanol–water partition coefficient (Wildman–Crippen LogP) is 8.42. The summed E-state index contributed by atoms with van der Waals surface area (Å²) in [6.07, 6.45) is 10.0. The van der Waals surface area contributed by atoms with Crippen molar-refractivity contribution in [2.24, 2.45) is 12.5 Å². The Balaban J connectivity index is 1.53. The third-order valence-corrected chi connectivity index (χ3v) is 10.5. The lowest BCUT2D eigenvalue weighted by atomic mass is 9.66. The Bertz CT molecular complexity index is 1440. The summed E-state index contributed by atoms with van der Waals surface area (Å²) in [6.45, 7) is 9.37. The van der Waals surface area contributed by atoms with Crippen LogP contribution in [0.25, 0.3) is 32.9 Å². The minimum atomic E-state index is 0.574. The molecule has 0 unspecified atom stereocenters. The van der Waals surface area contributed by atoms with Gasteiger partial charge in [0.25, 0.3) is 6.33 Å². The first-order valence-corrected chi connectivity index (χ1v) is 13.8. The Morgan fingerprint density at radius 3 is 2.35 bits per heavy atom. The average molecular weight is 468 g/mol. The number of aryl methyl sites for hydroxylation is 3. The Hall–Kier alpha value is -2.39. The topological polar surface area (TPSA) is 16.8 Å². The van der Waals surface area contributed by atoms with Gasteiger partial charge in [0.2, 0.25) is 0 Å². The molecule has 1 aromatic heterocycles. The summed E-state index contributed by atoms with van der Waals surface area (Å²) in [5.41, 5.74) is 8.73. The van der Waals surface area contributed by atoms with Gasteiger partial charge in [-0.15, -0.1) is 0 Å². The first-order valence-electron chi connectivity index (χ1n) is 13.0. The van der Waals surface area contributed by atoms with E-state index >= 15 is 0 Å². The van der Waals surface area contributed by atoms with E-state index in [9.17, 15) is 0 Å². The zero-order chi connectivity index (χ0) is 23.6. The van der Waals surface area contributed by atoms with Crippen molar-refractivity contribution in [3.63, 3.8) is 0 Å². The number of hydrogen-bond acceptors (Lipinski definition) is 2. The van der Waals surface area contributed by atoms with Gasteiger partial charge in [-0.3, -0.25) is 0 Å². The molecule has 1 aliphatic carbocycles. The van der Waals surface area contributed by atoms with E-state index in [1.54, 1.807) is 0 Å². The SMILES string of the molecule is CCC1(CC)CCC(c2cc3c4c([n+](C)cnc4c2)-c2c(c(C)c4ccccc4c2C)S3)CC1. The third-order valence-electron chi connectivity index (χ3n) is 9.21. The van der Waals surface area contributed by atoms with Gasteiger partial charge >= 0.3 is 0 Å². The minimum Gasteiger partial charge on any atom is -0.232 e. The van der Waals surface area contributed by atoms with Crippen LogP contribution in [0.5, 0.6) is 0 Å². The summed E-state index contributed by atoms with van der Waals surface area (Å²) < 4.78 is 2.24. The van der Waals surface area contributed by atoms with Crippen molar-refractivity contribution in [1.82, 2.24) is 4.98 Å². The molecule has 0 radical (unpaired) electrons. The molecule has 34 heavy (non-hydrogen) atoms. The molecule has 1 saturated carbocycles. The van der Waals surface area contributed by atoms with Crippen LogP contribution in [0, 0.1) is 19.3 Å². The quantitative estimate of drug-likeness (QED) is 0.248. The molecule has 6 rings (SSSR count). The molecule has 2 heterocycles. The molecule has 0 saturated heterocycles. The average Bonchev–Trinajstić information content (AvgIpc) is 2.88. The second-order valence-electron chi connectivity index (χ2n) is 10.7. The van der Waals surface area contributed by atoms with Gasteiger partial charge in [-0.25, -0.2) is 4.57 Å². The maximum Gasteiger partial charge on any atom is 0.287 e. The molecule has 0 amide bonds. The highest BCUT2D eigenvalue weighted by molar-refractivity contribution is 7.99. The molecule has 174 valence electrons. The van der Waals surface area contributed by atoms with Crippen LogP contribution in [0.4, 0.5) is 0 Å². The summed E-state index contributed by atoms with van der Waals surface area (Å²) in [4.78, 5) is 7.75. The number of aromatic nitrogens is 2. The molecule has 0 atom stereocenters. The molecule has 1 fully saturated rings. The molecule has 0 bridgehead atoms. The molecule has 4 aromatic rings. The fourth-order valence-corrected chi connectivity index (χ4v) is 8.09. The maximum atomic E-state index is 4.94. The number of benzene rings is 3. The fraction of sp³-hybridized carbons (Fsp3) is 0.419. The summed E-state index contributed by atoms with van der Waals surface area (Å²) in [7, 11) is 2.15. The first kappa shape index (κ1) is 22.1. The van der Waals surface area contributed by atoms with Gasteiger partial charge in [-0.1, -0.05) is 62.7 Å². The smallest absolute Gasteiger partial charge is 0.232 e. The second-order valence-corrected chi connectivity index (χ2v) is 11.8. The zero-order valence-corrected chi connectivity index (χ0v) is 22.0. The van der Waals surface area contributed by atoms with E-state index in [0.29, 0.717) is 11.3 Å². The summed E-state index contributed by atoms with van der Waals surface area (Å²) >= 11 is 1.97. The number of rotatable bonds is 3. The Labute approximate surface area is 207 Å². The number of hydrogen-bond donors (Lipinski definition) is 0. The molecule has 0 N–H and O–H groups in total. The van der Waals surface area contributed by atoms with Crippen LogP contribution in [0.1, 0.15) is 75.0 Å². The molecule has 2 nitrogen and oxygen atoms in total. The molecule has 3 heteroatoms. The van der Waals surface area contributed by atoms with E-state index in [1.807, 2.05) is 18.1 Å². The lowest BCUT2D eigenvalue weighted by Crippen LogP contribution is -2.33. The summed E-state index contributed by atoms with van der Waals surface area (Å²) in [5.74, 6) is 0.660. The molecule has 2 aliphatic rings. The van der Waals surface area contributed by atoms with Gasteiger partial charge in [-0.05, 0) is 95.4 Å². The van der Waals surface area contributed by atoms with Crippen LogP contribution in [-0.4, -0.2) is 4.98 Å². The van der Waals surface area contributed by atoms with Crippen LogP contribution in [0.3, 0.4) is 0 Å². The third kappa shape index (κ3) is 3.16. The Morgan fingerprint density at radius 1 is 1.00 bits per heavy atom. The van der Waals surface area contributed by atoms with Gasteiger partial charge < -0.3 is 0 Å². The van der Waals surface area contributed by atoms with E-state index in [2.05, 4.69) is 75.7 Å². The monoisotopic (exact) mass is 467 g/mol. The summed E-state index contributed by atoms with van der Waals surface area (Å²) in [6, 6.07) is 13.8. The standard InChI is InChI=1S/C31H35N2S/c1-6-31(7-2)14-12-21(13-15-31)22-16-25-28-26(17-22)34-30-20(4)24-11-9-8-10-23(24)19(3)27(30)29(28)33(5)18-32-25/h8-11,16-18,21H,6-7,12-15H2,1-5H3/q+1. The number of nitrogens with zero attached hydrogens (tertiary/aromatic N) is 2. The number of fused-ring (bicyclic) bond motifs is 3. The molecule has 1 aliphatic heterocycles. The van der Waals surface area contributed by atoms with E-state index in [1.165, 1.54) is 92.4 Å². The fourth-order valence-electron chi connectivity index (χ4n) is 6.76. The molecular formula is C31H35N2S+. The van der Waals surface area contributed by atoms with Crippen LogP contribution in [0.2, 0.25) is 0 Å². The molecule has 0 spiro atoms. The highest BCUT2D eigenvalue weighted by Gasteiger charge is 2.35. The minimum absolute atomic E-state index is 0.574.